The van der Waals surface area contributed by atoms with Crippen LogP contribution in [0.15, 0.2) is 12.7 Å². The molecule has 9 nitrogen and oxygen atoms in total. The zero-order valence-corrected chi connectivity index (χ0v) is 16.0. The molecule has 1 unspecified atom stereocenters. The third-order valence-corrected chi connectivity index (χ3v) is 6.22. The summed E-state index contributed by atoms with van der Waals surface area (Å²) in [6, 6.07) is 0. The highest BCUT2D eigenvalue weighted by atomic mass is 127. The topological polar surface area (TPSA) is 125 Å². The largest absolute Gasteiger partial charge is 0.383 e. The zero-order chi connectivity index (χ0) is 16.8. The van der Waals surface area contributed by atoms with Gasteiger partial charge in [-0.15, -0.1) is 0 Å². The lowest BCUT2D eigenvalue weighted by atomic mass is 10.1. The lowest BCUT2D eigenvalue weighted by Crippen LogP contribution is -2.36. The number of alkyl halides is 1. The van der Waals surface area contributed by atoms with Crippen molar-refractivity contribution in [2.75, 3.05) is 12.3 Å². The number of fused-ring (bicyclic) bond motifs is 1. The summed E-state index contributed by atoms with van der Waals surface area (Å²) in [6.45, 7) is -1.94. The predicted octanol–water partition coefficient (Wildman–Crippen LogP) is 1.72. The van der Waals surface area contributed by atoms with Gasteiger partial charge in [0, 0.05) is 0 Å². The van der Waals surface area contributed by atoms with Crippen LogP contribution in [0.2, 0.25) is 0 Å². The lowest BCUT2D eigenvalue weighted by Gasteiger charge is -2.29. The van der Waals surface area contributed by atoms with E-state index in [4.69, 9.17) is 19.9 Å². The average Bonchev–Trinajstić information content (AvgIpc) is 3.00. The van der Waals surface area contributed by atoms with Crippen molar-refractivity contribution >= 4 is 58.6 Å². The second kappa shape index (κ2) is 6.12. The fraction of sp³-hybridized carbons (Fsp3) is 0.545. The van der Waals surface area contributed by atoms with E-state index >= 15 is 0 Å². The predicted molar refractivity (Wildman–Crippen MR) is 95.4 cm³/mol. The first-order valence-electron chi connectivity index (χ1n) is 6.66. The monoisotopic (exact) mass is 471 g/mol. The number of hydrogen-bond donors (Lipinski definition) is 3. The molecule has 2 aromatic heterocycles. The Balaban J connectivity index is 1.89. The Morgan fingerprint density at radius 2 is 2.39 bits per heavy atom. The maximum absolute atomic E-state index is 11.1. The van der Waals surface area contributed by atoms with Gasteiger partial charge in [0.15, 0.2) is 17.2 Å². The van der Waals surface area contributed by atoms with Crippen molar-refractivity contribution in [3.63, 3.8) is 0 Å². The van der Waals surface area contributed by atoms with Crippen molar-refractivity contribution < 1.29 is 18.7 Å². The van der Waals surface area contributed by atoms with Gasteiger partial charge in [-0.3, -0.25) is 9.09 Å². The molecule has 4 atom stereocenters. The molecule has 1 fully saturated rings. The van der Waals surface area contributed by atoms with E-state index in [1.165, 1.54) is 6.33 Å². The number of halogens is 1. The molecule has 126 valence electrons. The summed E-state index contributed by atoms with van der Waals surface area (Å²) in [5.74, 6) is 0.302. The van der Waals surface area contributed by atoms with Gasteiger partial charge in [-0.1, -0.05) is 34.8 Å². The Kier molecular flexibility index (Phi) is 4.62. The molecule has 0 radical (unpaired) electrons. The SMILES string of the molecule is C[C@@]1(n2cnc3c(N)ncnc32)O[C@H](COP(=O)(O)S)C[C@@H]1I. The van der Waals surface area contributed by atoms with Crippen LogP contribution in [0.1, 0.15) is 13.3 Å². The second-order valence-electron chi connectivity index (χ2n) is 5.33. The number of nitrogens with two attached hydrogens (primary N) is 1. The Hall–Kier alpha value is -0.460. The molecule has 0 amide bonds. The molecule has 3 heterocycles. The van der Waals surface area contributed by atoms with Gasteiger partial charge in [0.05, 0.1) is 23.0 Å². The summed E-state index contributed by atoms with van der Waals surface area (Å²) in [5, 5.41) is 0. The molecule has 12 heteroatoms. The molecule has 2 aromatic rings. The molecule has 1 aliphatic heterocycles. The number of nitrogens with zero attached hydrogens (tertiary/aromatic N) is 4. The maximum atomic E-state index is 11.1. The quantitative estimate of drug-likeness (QED) is 0.267. The molecule has 0 aliphatic carbocycles. The minimum Gasteiger partial charge on any atom is -0.382 e. The van der Waals surface area contributed by atoms with Crippen molar-refractivity contribution in [3.05, 3.63) is 12.7 Å². The van der Waals surface area contributed by atoms with Crippen molar-refractivity contribution in [2.24, 2.45) is 0 Å². The normalized spacial score (nSPS) is 30.6. The van der Waals surface area contributed by atoms with Gasteiger partial charge in [0.2, 0.25) is 0 Å². The summed E-state index contributed by atoms with van der Waals surface area (Å²) in [4.78, 5) is 21.5. The van der Waals surface area contributed by atoms with E-state index in [2.05, 4.69) is 49.8 Å². The summed E-state index contributed by atoms with van der Waals surface area (Å²) in [7, 11) is 0. The van der Waals surface area contributed by atoms with Crippen LogP contribution in [0.5, 0.6) is 0 Å². The van der Waals surface area contributed by atoms with Gasteiger partial charge in [0.25, 0.3) is 0 Å². The van der Waals surface area contributed by atoms with Crippen molar-refractivity contribution in [3.8, 4) is 0 Å². The fourth-order valence-electron chi connectivity index (χ4n) is 2.58. The van der Waals surface area contributed by atoms with Gasteiger partial charge in [-0.2, -0.15) is 0 Å². The van der Waals surface area contributed by atoms with Crippen LogP contribution in [0.25, 0.3) is 11.2 Å². The van der Waals surface area contributed by atoms with Crippen molar-refractivity contribution in [1.82, 2.24) is 19.5 Å². The highest BCUT2D eigenvalue weighted by Crippen LogP contribution is 2.48. The summed E-state index contributed by atoms with van der Waals surface area (Å²) < 4.78 is 23.9. The highest BCUT2D eigenvalue weighted by molar-refractivity contribution is 14.1. The van der Waals surface area contributed by atoms with Gasteiger partial charge in [-0.05, 0) is 13.3 Å². The molecule has 0 bridgehead atoms. The third-order valence-electron chi connectivity index (χ3n) is 3.72. The van der Waals surface area contributed by atoms with E-state index in [0.717, 1.165) is 0 Å². The van der Waals surface area contributed by atoms with E-state index < -0.39 is 12.5 Å². The number of rotatable bonds is 4. The summed E-state index contributed by atoms with van der Waals surface area (Å²) in [5.41, 5.74) is 6.16. The third kappa shape index (κ3) is 3.35. The average molecular weight is 471 g/mol. The van der Waals surface area contributed by atoms with Gasteiger partial charge in [-0.25, -0.2) is 19.5 Å². The Bertz CT molecular complexity index is 785. The van der Waals surface area contributed by atoms with Gasteiger partial charge >= 0.3 is 6.80 Å². The molecule has 3 N–H and O–H groups in total. The molecule has 1 saturated heterocycles. The number of anilines is 1. The minimum atomic E-state index is -3.83. The van der Waals surface area contributed by atoms with E-state index in [0.29, 0.717) is 23.4 Å². The number of imidazole rings is 1. The summed E-state index contributed by atoms with van der Waals surface area (Å²) in [6.07, 6.45) is 3.29. The maximum Gasteiger partial charge on any atom is 0.383 e. The molecule has 3 rings (SSSR count). The molecular formula is C11H15IN5O4PS. The molecule has 0 aromatic carbocycles. The van der Waals surface area contributed by atoms with Crippen LogP contribution in [0.3, 0.4) is 0 Å². The standard InChI is InChI=1S/C11H15IN5O4PS/c1-11(7(12)2-6(21-11)3-20-22(18,19)23)17-5-16-8-9(13)14-4-15-10(8)17/h4-7H,2-3H2,1H3,(H2,13,14,15)(H2,18,19,23)/t6-,7-,11+/m0/s1. The van der Waals surface area contributed by atoms with Crippen LogP contribution in [-0.2, 0) is 19.6 Å². The van der Waals surface area contributed by atoms with Gasteiger partial charge in [0.1, 0.15) is 11.8 Å². The van der Waals surface area contributed by atoms with Crippen molar-refractivity contribution in [2.45, 2.75) is 29.1 Å². The molecule has 1 aliphatic rings. The number of ether oxygens (including phenoxy) is 1. The Labute approximate surface area is 150 Å². The molecular weight excluding hydrogens is 456 g/mol. The second-order valence-corrected chi connectivity index (χ2v) is 9.59. The van der Waals surface area contributed by atoms with E-state index in [1.54, 1.807) is 10.9 Å². The van der Waals surface area contributed by atoms with Crippen LogP contribution >= 0.6 is 41.6 Å². The first-order valence-corrected chi connectivity index (χ1v) is 10.6. The van der Waals surface area contributed by atoms with Crippen molar-refractivity contribution in [1.29, 1.82) is 0 Å². The molecule has 0 spiro atoms. The zero-order valence-electron chi connectivity index (χ0n) is 12.0. The van der Waals surface area contributed by atoms with E-state index in [9.17, 15) is 4.57 Å². The van der Waals surface area contributed by atoms with Gasteiger partial charge < -0.3 is 15.4 Å². The van der Waals surface area contributed by atoms with E-state index in [-0.39, 0.29) is 16.6 Å². The van der Waals surface area contributed by atoms with Crippen LogP contribution in [-0.4, -0.2) is 41.0 Å². The molecule has 23 heavy (non-hydrogen) atoms. The van der Waals surface area contributed by atoms with Crippen LogP contribution in [0.4, 0.5) is 5.82 Å². The van der Waals surface area contributed by atoms with Crippen LogP contribution in [0, 0.1) is 0 Å². The number of aromatic nitrogens is 4. The Morgan fingerprint density at radius 3 is 3.09 bits per heavy atom. The van der Waals surface area contributed by atoms with E-state index in [1.807, 2.05) is 6.92 Å². The Morgan fingerprint density at radius 1 is 1.65 bits per heavy atom. The number of hydrogen-bond acceptors (Lipinski definition) is 7. The lowest BCUT2D eigenvalue weighted by molar-refractivity contribution is -0.0893. The summed E-state index contributed by atoms with van der Waals surface area (Å²) >= 11 is 5.77. The molecule has 0 saturated carbocycles. The first kappa shape index (κ1) is 17.4. The number of nitrogen functional groups attached to an aromatic ring is 1. The fourth-order valence-corrected chi connectivity index (χ4v) is 4.15. The highest BCUT2D eigenvalue weighted by Gasteiger charge is 2.46. The van der Waals surface area contributed by atoms with Crippen LogP contribution < -0.4 is 5.73 Å². The smallest absolute Gasteiger partial charge is 0.382 e. The first-order chi connectivity index (χ1) is 10.7. The number of thiol groups is 1. The minimum absolute atomic E-state index is 0.0177.